The normalized spacial score (nSPS) is 12.7. The summed E-state index contributed by atoms with van der Waals surface area (Å²) in [5.41, 5.74) is 0.551. The van der Waals surface area contributed by atoms with E-state index in [1.807, 2.05) is 33.8 Å². The van der Waals surface area contributed by atoms with Gasteiger partial charge in [0, 0.05) is 18.3 Å². The average Bonchev–Trinajstić information content (AvgIpc) is 2.27. The minimum Gasteiger partial charge on any atom is -0.481 e. The third-order valence-corrected chi connectivity index (χ3v) is 2.31. The van der Waals surface area contributed by atoms with Gasteiger partial charge in [-0.25, -0.2) is 9.78 Å². The molecule has 0 saturated heterocycles. The minimum atomic E-state index is -0.481. The number of methoxy groups -OCH3 is 1. The Morgan fingerprint density at radius 1 is 1.42 bits per heavy atom. The topological polar surface area (TPSA) is 60.5 Å². The van der Waals surface area contributed by atoms with Crippen molar-refractivity contribution in [2.75, 3.05) is 7.11 Å². The highest BCUT2D eigenvalue weighted by Gasteiger charge is 2.17. The van der Waals surface area contributed by atoms with Crippen LogP contribution in [0, 0.1) is 0 Å². The predicted molar refractivity (Wildman–Crippen MR) is 73.3 cm³/mol. The zero-order valence-corrected chi connectivity index (χ0v) is 12.2. The van der Waals surface area contributed by atoms with E-state index in [4.69, 9.17) is 9.47 Å². The van der Waals surface area contributed by atoms with Gasteiger partial charge in [0.25, 0.3) is 0 Å². The van der Waals surface area contributed by atoms with Crippen LogP contribution in [-0.2, 0) is 11.2 Å². The molecule has 5 nitrogen and oxygen atoms in total. The van der Waals surface area contributed by atoms with Crippen molar-refractivity contribution in [1.29, 1.82) is 0 Å². The van der Waals surface area contributed by atoms with Gasteiger partial charge in [-0.2, -0.15) is 0 Å². The largest absolute Gasteiger partial charge is 0.481 e. The third-order valence-electron chi connectivity index (χ3n) is 2.31. The van der Waals surface area contributed by atoms with Crippen molar-refractivity contribution in [3.8, 4) is 5.88 Å². The van der Waals surface area contributed by atoms with Crippen molar-refractivity contribution in [3.63, 3.8) is 0 Å². The molecule has 0 fully saturated rings. The van der Waals surface area contributed by atoms with Gasteiger partial charge in [0.1, 0.15) is 5.60 Å². The highest BCUT2D eigenvalue weighted by Crippen LogP contribution is 2.10. The molecule has 1 atom stereocenters. The van der Waals surface area contributed by atoms with Crippen molar-refractivity contribution in [2.45, 2.75) is 45.8 Å². The van der Waals surface area contributed by atoms with Gasteiger partial charge < -0.3 is 14.8 Å². The summed E-state index contributed by atoms with van der Waals surface area (Å²) in [6, 6.07) is 3.71. The van der Waals surface area contributed by atoms with E-state index in [9.17, 15) is 4.79 Å². The maximum absolute atomic E-state index is 11.6. The molecule has 0 spiro atoms. The molecule has 0 aromatic carbocycles. The zero-order valence-electron chi connectivity index (χ0n) is 12.2. The van der Waals surface area contributed by atoms with Crippen molar-refractivity contribution in [3.05, 3.63) is 23.9 Å². The number of rotatable bonds is 4. The number of alkyl carbamates (subject to hydrolysis) is 1. The van der Waals surface area contributed by atoms with Crippen LogP contribution in [0.15, 0.2) is 18.3 Å². The van der Waals surface area contributed by atoms with E-state index in [1.54, 1.807) is 19.4 Å². The van der Waals surface area contributed by atoms with E-state index in [-0.39, 0.29) is 6.04 Å². The Kier molecular flexibility index (Phi) is 5.15. The van der Waals surface area contributed by atoms with Gasteiger partial charge in [-0.3, -0.25) is 0 Å². The fourth-order valence-corrected chi connectivity index (χ4v) is 1.57. The van der Waals surface area contributed by atoms with Gasteiger partial charge in [0.2, 0.25) is 5.88 Å². The van der Waals surface area contributed by atoms with Crippen molar-refractivity contribution >= 4 is 6.09 Å². The Morgan fingerprint density at radius 2 is 2.11 bits per heavy atom. The molecule has 0 bridgehead atoms. The number of nitrogens with zero attached hydrogens (tertiary/aromatic N) is 1. The third kappa shape index (κ3) is 6.08. The first kappa shape index (κ1) is 15.3. The number of carbonyl (C=O) groups is 1. The molecule has 0 aliphatic heterocycles. The van der Waals surface area contributed by atoms with E-state index in [0.717, 1.165) is 5.56 Å². The molecule has 0 aliphatic rings. The number of pyridine rings is 1. The Bertz CT molecular complexity index is 410. The van der Waals surface area contributed by atoms with Crippen molar-refractivity contribution in [2.24, 2.45) is 0 Å². The molecule has 1 aromatic heterocycles. The Morgan fingerprint density at radius 3 is 2.58 bits per heavy atom. The summed E-state index contributed by atoms with van der Waals surface area (Å²) < 4.78 is 10.2. The minimum absolute atomic E-state index is 0.0231. The standard InChI is InChI=1S/C14H22N2O3/c1-10(16-13(17)19-14(2,3)4)8-11-6-7-12(18-5)15-9-11/h6-7,9-10H,8H2,1-5H3,(H,16,17). The summed E-state index contributed by atoms with van der Waals surface area (Å²) in [6.07, 6.45) is 2.03. The number of hydrogen-bond donors (Lipinski definition) is 1. The first-order valence-corrected chi connectivity index (χ1v) is 6.28. The number of hydrogen-bond acceptors (Lipinski definition) is 4. The number of carbonyl (C=O) groups excluding carboxylic acids is 1. The number of nitrogens with one attached hydrogen (secondary N) is 1. The number of ether oxygens (including phenoxy) is 2. The fraction of sp³-hybridized carbons (Fsp3) is 0.571. The maximum atomic E-state index is 11.6. The Labute approximate surface area is 114 Å². The van der Waals surface area contributed by atoms with Crippen molar-refractivity contribution < 1.29 is 14.3 Å². The molecule has 5 heteroatoms. The maximum Gasteiger partial charge on any atom is 0.407 e. The van der Waals surface area contributed by atoms with E-state index in [1.165, 1.54) is 0 Å². The molecular formula is C14H22N2O3. The van der Waals surface area contributed by atoms with Crippen LogP contribution in [0.25, 0.3) is 0 Å². The molecule has 106 valence electrons. The highest BCUT2D eigenvalue weighted by molar-refractivity contribution is 5.68. The smallest absolute Gasteiger partial charge is 0.407 e. The van der Waals surface area contributed by atoms with Crippen LogP contribution in [0.5, 0.6) is 5.88 Å². The first-order chi connectivity index (χ1) is 8.80. The molecule has 1 aromatic rings. The van der Waals surface area contributed by atoms with Crippen LogP contribution in [0.2, 0.25) is 0 Å². The summed E-state index contributed by atoms with van der Waals surface area (Å²) >= 11 is 0. The van der Waals surface area contributed by atoms with Crippen molar-refractivity contribution in [1.82, 2.24) is 10.3 Å². The van der Waals surface area contributed by atoms with Gasteiger partial charge in [0.05, 0.1) is 7.11 Å². The molecule has 0 aliphatic carbocycles. The van der Waals surface area contributed by atoms with Gasteiger partial charge in [0.15, 0.2) is 0 Å². The SMILES string of the molecule is COc1ccc(CC(C)NC(=O)OC(C)(C)C)cn1. The fourth-order valence-electron chi connectivity index (χ4n) is 1.57. The van der Waals surface area contributed by atoms with Crippen LogP contribution in [0.3, 0.4) is 0 Å². The van der Waals surface area contributed by atoms with Gasteiger partial charge in [-0.15, -0.1) is 0 Å². The molecule has 0 saturated carbocycles. The quantitative estimate of drug-likeness (QED) is 0.909. The first-order valence-electron chi connectivity index (χ1n) is 6.28. The second kappa shape index (κ2) is 6.41. The Balaban J connectivity index is 2.46. The lowest BCUT2D eigenvalue weighted by Gasteiger charge is -2.22. The van der Waals surface area contributed by atoms with E-state index >= 15 is 0 Å². The van der Waals surface area contributed by atoms with E-state index in [0.29, 0.717) is 12.3 Å². The lowest BCUT2D eigenvalue weighted by Crippen LogP contribution is -2.38. The van der Waals surface area contributed by atoms with Gasteiger partial charge in [-0.1, -0.05) is 6.07 Å². The lowest BCUT2D eigenvalue weighted by atomic mass is 10.1. The summed E-state index contributed by atoms with van der Waals surface area (Å²) in [6.45, 7) is 7.44. The molecule has 1 N–H and O–H groups in total. The molecule has 1 amide bonds. The number of amides is 1. The average molecular weight is 266 g/mol. The highest BCUT2D eigenvalue weighted by atomic mass is 16.6. The van der Waals surface area contributed by atoms with E-state index < -0.39 is 11.7 Å². The van der Waals surface area contributed by atoms with Crippen LogP contribution in [-0.4, -0.2) is 29.8 Å². The lowest BCUT2D eigenvalue weighted by molar-refractivity contribution is 0.0508. The predicted octanol–water partition coefficient (Wildman–Crippen LogP) is 2.55. The molecule has 1 unspecified atom stereocenters. The molecular weight excluding hydrogens is 244 g/mol. The second-order valence-electron chi connectivity index (χ2n) is 5.46. The molecule has 1 heterocycles. The van der Waals surface area contributed by atoms with Crippen LogP contribution < -0.4 is 10.1 Å². The Hall–Kier alpha value is -1.78. The van der Waals surface area contributed by atoms with Gasteiger partial charge >= 0.3 is 6.09 Å². The monoisotopic (exact) mass is 266 g/mol. The number of aromatic nitrogens is 1. The summed E-state index contributed by atoms with van der Waals surface area (Å²) in [5.74, 6) is 0.580. The summed E-state index contributed by atoms with van der Waals surface area (Å²) in [5, 5.41) is 2.79. The molecule has 0 radical (unpaired) electrons. The summed E-state index contributed by atoms with van der Waals surface area (Å²) in [7, 11) is 1.58. The van der Waals surface area contributed by atoms with Crippen LogP contribution in [0.4, 0.5) is 4.79 Å². The van der Waals surface area contributed by atoms with E-state index in [2.05, 4.69) is 10.3 Å². The zero-order chi connectivity index (χ0) is 14.5. The summed E-state index contributed by atoms with van der Waals surface area (Å²) in [4.78, 5) is 15.7. The van der Waals surface area contributed by atoms with Gasteiger partial charge in [-0.05, 0) is 39.7 Å². The molecule has 19 heavy (non-hydrogen) atoms. The second-order valence-corrected chi connectivity index (χ2v) is 5.46. The molecule has 1 rings (SSSR count). The van der Waals surface area contributed by atoms with Crippen LogP contribution in [0.1, 0.15) is 33.3 Å². The van der Waals surface area contributed by atoms with Crippen LogP contribution >= 0.6 is 0 Å².